The predicted octanol–water partition coefficient (Wildman–Crippen LogP) is 2.75. The third-order valence-electron chi connectivity index (χ3n) is 1.97. The molecule has 2 aromatic rings. The van der Waals surface area contributed by atoms with Gasteiger partial charge in [0.1, 0.15) is 0 Å². The molecule has 0 amide bonds. The van der Waals surface area contributed by atoms with Gasteiger partial charge in [-0.15, -0.1) is 23.7 Å². The average molecular weight is 245 g/mol. The molecule has 0 unspecified atom stereocenters. The summed E-state index contributed by atoms with van der Waals surface area (Å²) in [6.45, 7) is 0. The Kier molecular flexibility index (Phi) is 4.20. The molecule has 2 N–H and O–H groups in total. The molecule has 0 aliphatic carbocycles. The van der Waals surface area contributed by atoms with Gasteiger partial charge in [0, 0.05) is 16.6 Å². The Morgan fingerprint density at radius 1 is 1.33 bits per heavy atom. The minimum absolute atomic E-state index is 0. The van der Waals surface area contributed by atoms with Crippen molar-refractivity contribution in [3.8, 4) is 0 Å². The fourth-order valence-electron chi connectivity index (χ4n) is 1.25. The van der Waals surface area contributed by atoms with Crippen molar-refractivity contribution in [1.82, 2.24) is 4.98 Å². The van der Waals surface area contributed by atoms with Gasteiger partial charge in [0.05, 0.1) is 6.04 Å². The van der Waals surface area contributed by atoms with Crippen LogP contribution in [0.15, 0.2) is 35.8 Å². The highest BCUT2D eigenvalue weighted by molar-refractivity contribution is 7.10. The highest BCUT2D eigenvalue weighted by Gasteiger charge is 2.14. The van der Waals surface area contributed by atoms with E-state index in [0.29, 0.717) is 5.56 Å². The fraction of sp³-hybridized carbons (Fsp3) is 0.100. The lowest BCUT2D eigenvalue weighted by molar-refractivity contribution is 0.559. The molecule has 0 spiro atoms. The standard InChI is InChI=1S/C10H9FN2S.ClH/c11-10-7(3-1-5-13-10)9(12)8-4-2-6-14-8;/h1-6,9H,12H2;1H/t9-;/m1./s1. The Bertz CT molecular complexity index is 419. The van der Waals surface area contributed by atoms with Crippen molar-refractivity contribution in [1.29, 1.82) is 0 Å². The fourth-order valence-corrected chi connectivity index (χ4v) is 2.00. The largest absolute Gasteiger partial charge is 0.319 e. The molecule has 0 aliphatic heterocycles. The molecule has 0 saturated heterocycles. The molecule has 2 aromatic heterocycles. The van der Waals surface area contributed by atoms with Crippen LogP contribution < -0.4 is 5.73 Å². The van der Waals surface area contributed by atoms with Gasteiger partial charge < -0.3 is 5.73 Å². The number of aromatic nitrogens is 1. The molecule has 0 aliphatic rings. The highest BCUT2D eigenvalue weighted by Crippen LogP contribution is 2.24. The Morgan fingerprint density at radius 3 is 2.73 bits per heavy atom. The van der Waals surface area contributed by atoms with E-state index < -0.39 is 12.0 Å². The first-order valence-corrected chi connectivity index (χ1v) is 5.06. The number of hydrogen-bond donors (Lipinski definition) is 1. The predicted molar refractivity (Wildman–Crippen MR) is 61.8 cm³/mol. The number of nitrogens with two attached hydrogens (primary N) is 1. The minimum atomic E-state index is -0.492. The van der Waals surface area contributed by atoms with Gasteiger partial charge in [0.2, 0.25) is 5.95 Å². The monoisotopic (exact) mass is 244 g/mol. The Labute approximate surface area is 97.4 Å². The van der Waals surface area contributed by atoms with Crippen molar-refractivity contribution in [2.75, 3.05) is 0 Å². The van der Waals surface area contributed by atoms with Gasteiger partial charge in [-0.25, -0.2) is 4.98 Å². The van der Waals surface area contributed by atoms with E-state index in [1.165, 1.54) is 17.5 Å². The molecule has 0 bridgehead atoms. The summed E-state index contributed by atoms with van der Waals surface area (Å²) in [5, 5.41) is 1.92. The second-order valence-electron chi connectivity index (χ2n) is 2.88. The maximum absolute atomic E-state index is 13.2. The number of nitrogens with zero attached hydrogens (tertiary/aromatic N) is 1. The summed E-state index contributed by atoms with van der Waals surface area (Å²) in [7, 11) is 0. The van der Waals surface area contributed by atoms with Crippen molar-refractivity contribution in [3.63, 3.8) is 0 Å². The first-order chi connectivity index (χ1) is 6.79. The Balaban J connectivity index is 0.00000112. The first-order valence-electron chi connectivity index (χ1n) is 4.18. The van der Waals surface area contributed by atoms with E-state index >= 15 is 0 Å². The summed E-state index contributed by atoms with van der Waals surface area (Å²) in [6, 6.07) is 6.72. The SMILES string of the molecule is Cl.N[C@@H](c1cccs1)c1cccnc1F. The van der Waals surface area contributed by atoms with Crippen LogP contribution in [0, 0.1) is 5.95 Å². The molecule has 0 radical (unpaired) electrons. The van der Waals surface area contributed by atoms with Crippen LogP contribution in [-0.2, 0) is 0 Å². The number of thiophene rings is 1. The minimum Gasteiger partial charge on any atom is -0.319 e. The lowest BCUT2D eigenvalue weighted by Crippen LogP contribution is -2.12. The zero-order chi connectivity index (χ0) is 9.97. The lowest BCUT2D eigenvalue weighted by atomic mass is 10.1. The summed E-state index contributed by atoms with van der Waals surface area (Å²) in [5.41, 5.74) is 6.33. The zero-order valence-electron chi connectivity index (χ0n) is 7.76. The third kappa shape index (κ3) is 2.53. The molecule has 2 nitrogen and oxygen atoms in total. The van der Waals surface area contributed by atoms with Crippen LogP contribution in [0.2, 0.25) is 0 Å². The first kappa shape index (κ1) is 12.1. The number of rotatable bonds is 2. The topological polar surface area (TPSA) is 38.9 Å². The zero-order valence-corrected chi connectivity index (χ0v) is 9.39. The molecule has 0 aromatic carbocycles. The smallest absolute Gasteiger partial charge is 0.217 e. The normalized spacial score (nSPS) is 11.9. The molecule has 5 heteroatoms. The number of hydrogen-bond acceptors (Lipinski definition) is 3. The van der Waals surface area contributed by atoms with Crippen LogP contribution in [0.25, 0.3) is 0 Å². The summed E-state index contributed by atoms with van der Waals surface area (Å²) in [4.78, 5) is 4.51. The molecular formula is C10H10ClFN2S. The molecule has 0 saturated carbocycles. The van der Waals surface area contributed by atoms with E-state index in [0.717, 1.165) is 4.88 Å². The van der Waals surface area contributed by atoms with E-state index in [-0.39, 0.29) is 12.4 Å². The van der Waals surface area contributed by atoms with Crippen LogP contribution in [0.4, 0.5) is 4.39 Å². The summed E-state index contributed by atoms with van der Waals surface area (Å²) < 4.78 is 13.2. The van der Waals surface area contributed by atoms with Gasteiger partial charge in [-0.1, -0.05) is 12.1 Å². The van der Waals surface area contributed by atoms with E-state index in [1.807, 2.05) is 17.5 Å². The maximum Gasteiger partial charge on any atom is 0.217 e. The van der Waals surface area contributed by atoms with Gasteiger partial charge in [-0.05, 0) is 17.5 Å². The van der Waals surface area contributed by atoms with Crippen molar-refractivity contribution in [2.45, 2.75) is 6.04 Å². The molecule has 0 fully saturated rings. The van der Waals surface area contributed by atoms with Crippen molar-refractivity contribution < 1.29 is 4.39 Å². The Hall–Kier alpha value is -0.970. The lowest BCUT2D eigenvalue weighted by Gasteiger charge is -2.09. The van der Waals surface area contributed by atoms with Crippen LogP contribution in [0.3, 0.4) is 0 Å². The van der Waals surface area contributed by atoms with Gasteiger partial charge in [0.25, 0.3) is 0 Å². The highest BCUT2D eigenvalue weighted by atomic mass is 35.5. The molecule has 15 heavy (non-hydrogen) atoms. The second kappa shape index (κ2) is 5.21. The van der Waals surface area contributed by atoms with Gasteiger partial charge >= 0.3 is 0 Å². The van der Waals surface area contributed by atoms with E-state index in [9.17, 15) is 4.39 Å². The summed E-state index contributed by atoms with van der Waals surface area (Å²) in [5.74, 6) is -0.492. The third-order valence-corrected chi connectivity index (χ3v) is 2.93. The van der Waals surface area contributed by atoms with Crippen LogP contribution in [-0.4, -0.2) is 4.98 Å². The molecule has 80 valence electrons. The van der Waals surface area contributed by atoms with Crippen molar-refractivity contribution >= 4 is 23.7 Å². The molecule has 1 atom stereocenters. The van der Waals surface area contributed by atoms with E-state index in [1.54, 1.807) is 12.1 Å². The summed E-state index contributed by atoms with van der Waals surface area (Å²) >= 11 is 1.52. The van der Waals surface area contributed by atoms with Crippen molar-refractivity contribution in [3.05, 3.63) is 52.2 Å². The van der Waals surface area contributed by atoms with E-state index in [2.05, 4.69) is 4.98 Å². The maximum atomic E-state index is 13.2. The van der Waals surface area contributed by atoms with Crippen LogP contribution >= 0.6 is 23.7 Å². The van der Waals surface area contributed by atoms with Gasteiger partial charge in [0.15, 0.2) is 0 Å². The van der Waals surface area contributed by atoms with Crippen LogP contribution in [0.1, 0.15) is 16.5 Å². The van der Waals surface area contributed by atoms with E-state index in [4.69, 9.17) is 5.73 Å². The number of pyridine rings is 1. The van der Waals surface area contributed by atoms with Gasteiger partial charge in [-0.2, -0.15) is 4.39 Å². The molecular weight excluding hydrogens is 235 g/mol. The quantitative estimate of drug-likeness (QED) is 0.825. The van der Waals surface area contributed by atoms with Crippen LogP contribution in [0.5, 0.6) is 0 Å². The van der Waals surface area contributed by atoms with Gasteiger partial charge in [-0.3, -0.25) is 0 Å². The molecule has 2 rings (SSSR count). The second-order valence-corrected chi connectivity index (χ2v) is 3.86. The van der Waals surface area contributed by atoms with Crippen molar-refractivity contribution in [2.24, 2.45) is 5.73 Å². The Morgan fingerprint density at radius 2 is 2.13 bits per heavy atom. The molecule has 2 heterocycles. The average Bonchev–Trinajstić information content (AvgIpc) is 2.70. The number of halogens is 2. The summed E-state index contributed by atoms with van der Waals surface area (Å²) in [6.07, 6.45) is 1.42.